The third-order valence-corrected chi connectivity index (χ3v) is 2.63. The van der Waals surface area contributed by atoms with Gasteiger partial charge in [0.2, 0.25) is 5.76 Å². The first kappa shape index (κ1) is 10.5. The standard InChI is InChI=1S/C11H12N2O3/c1-7-8(2)13(6-12-7)5-9-3-4-16-10(9)11(14)15/h3-4,6H,5H2,1-2H3,(H,14,15). The van der Waals surface area contributed by atoms with Gasteiger partial charge in [-0.1, -0.05) is 0 Å². The first-order valence-corrected chi connectivity index (χ1v) is 4.87. The van der Waals surface area contributed by atoms with Crippen molar-refractivity contribution >= 4 is 5.97 Å². The van der Waals surface area contributed by atoms with Gasteiger partial charge in [0.1, 0.15) is 0 Å². The molecule has 0 saturated heterocycles. The SMILES string of the molecule is Cc1ncn(Cc2ccoc2C(=O)O)c1C. The van der Waals surface area contributed by atoms with E-state index in [4.69, 9.17) is 9.52 Å². The summed E-state index contributed by atoms with van der Waals surface area (Å²) in [5.74, 6) is -1.06. The molecular weight excluding hydrogens is 208 g/mol. The van der Waals surface area contributed by atoms with Crippen molar-refractivity contribution in [2.75, 3.05) is 0 Å². The number of aromatic carboxylic acids is 1. The van der Waals surface area contributed by atoms with E-state index in [-0.39, 0.29) is 5.76 Å². The molecule has 0 bridgehead atoms. The Bertz CT molecular complexity index is 525. The quantitative estimate of drug-likeness (QED) is 0.856. The largest absolute Gasteiger partial charge is 0.475 e. The fourth-order valence-electron chi connectivity index (χ4n) is 1.53. The number of carbonyl (C=O) groups is 1. The molecule has 84 valence electrons. The summed E-state index contributed by atoms with van der Waals surface area (Å²) in [6.07, 6.45) is 3.08. The van der Waals surface area contributed by atoms with Gasteiger partial charge in [-0.25, -0.2) is 9.78 Å². The van der Waals surface area contributed by atoms with Crippen LogP contribution in [0, 0.1) is 13.8 Å². The lowest BCUT2D eigenvalue weighted by Gasteiger charge is -2.03. The Morgan fingerprint density at radius 2 is 2.31 bits per heavy atom. The molecule has 0 aliphatic rings. The summed E-state index contributed by atoms with van der Waals surface area (Å²) < 4.78 is 6.81. The summed E-state index contributed by atoms with van der Waals surface area (Å²) in [5, 5.41) is 8.89. The lowest BCUT2D eigenvalue weighted by atomic mass is 10.2. The number of furan rings is 1. The molecule has 0 unspecified atom stereocenters. The van der Waals surface area contributed by atoms with Crippen LogP contribution in [0.4, 0.5) is 0 Å². The molecule has 5 heteroatoms. The van der Waals surface area contributed by atoms with Crippen molar-refractivity contribution in [3.8, 4) is 0 Å². The average molecular weight is 220 g/mol. The Morgan fingerprint density at radius 3 is 2.88 bits per heavy atom. The zero-order valence-corrected chi connectivity index (χ0v) is 9.10. The number of hydrogen-bond acceptors (Lipinski definition) is 3. The molecule has 0 amide bonds. The van der Waals surface area contributed by atoms with E-state index in [1.54, 1.807) is 12.4 Å². The smallest absolute Gasteiger partial charge is 0.372 e. The van der Waals surface area contributed by atoms with E-state index in [2.05, 4.69) is 4.98 Å². The highest BCUT2D eigenvalue weighted by Crippen LogP contribution is 2.14. The number of carboxylic acid groups (broad SMARTS) is 1. The maximum absolute atomic E-state index is 10.8. The number of imidazole rings is 1. The van der Waals surface area contributed by atoms with Crippen LogP contribution in [0.25, 0.3) is 0 Å². The highest BCUT2D eigenvalue weighted by atomic mass is 16.4. The van der Waals surface area contributed by atoms with Crippen LogP contribution in [0.15, 0.2) is 23.1 Å². The number of nitrogens with zero attached hydrogens (tertiary/aromatic N) is 2. The molecule has 0 fully saturated rings. The molecule has 16 heavy (non-hydrogen) atoms. The van der Waals surface area contributed by atoms with E-state index in [1.165, 1.54) is 6.26 Å². The Balaban J connectivity index is 2.30. The molecule has 2 aromatic rings. The van der Waals surface area contributed by atoms with Gasteiger partial charge in [-0.15, -0.1) is 0 Å². The van der Waals surface area contributed by atoms with E-state index in [0.29, 0.717) is 12.1 Å². The first-order valence-electron chi connectivity index (χ1n) is 4.87. The Hall–Kier alpha value is -2.04. The van der Waals surface area contributed by atoms with Crippen LogP contribution in [0.1, 0.15) is 27.5 Å². The molecule has 0 aliphatic carbocycles. The maximum atomic E-state index is 10.8. The molecule has 2 rings (SSSR count). The van der Waals surface area contributed by atoms with Crippen LogP contribution in [0.3, 0.4) is 0 Å². The second kappa shape index (κ2) is 3.84. The van der Waals surface area contributed by atoms with Gasteiger partial charge in [0.05, 0.1) is 24.8 Å². The Morgan fingerprint density at radius 1 is 1.56 bits per heavy atom. The minimum Gasteiger partial charge on any atom is -0.475 e. The highest BCUT2D eigenvalue weighted by Gasteiger charge is 2.14. The number of aromatic nitrogens is 2. The predicted molar refractivity (Wildman–Crippen MR) is 56.5 cm³/mol. The molecule has 5 nitrogen and oxygen atoms in total. The summed E-state index contributed by atoms with van der Waals surface area (Å²) in [5.41, 5.74) is 2.62. The van der Waals surface area contributed by atoms with Crippen LogP contribution in [0.2, 0.25) is 0 Å². The monoisotopic (exact) mass is 220 g/mol. The van der Waals surface area contributed by atoms with Crippen molar-refractivity contribution < 1.29 is 14.3 Å². The Labute approximate surface area is 92.3 Å². The fourth-order valence-corrected chi connectivity index (χ4v) is 1.53. The molecular formula is C11H12N2O3. The van der Waals surface area contributed by atoms with Crippen LogP contribution in [-0.4, -0.2) is 20.6 Å². The second-order valence-corrected chi connectivity index (χ2v) is 3.62. The first-order chi connectivity index (χ1) is 7.59. The number of carboxylic acids is 1. The zero-order valence-electron chi connectivity index (χ0n) is 9.10. The molecule has 0 radical (unpaired) electrons. The van der Waals surface area contributed by atoms with Crippen LogP contribution in [-0.2, 0) is 6.54 Å². The van der Waals surface area contributed by atoms with Crippen molar-refractivity contribution in [2.45, 2.75) is 20.4 Å². The van der Waals surface area contributed by atoms with Crippen molar-refractivity contribution in [1.29, 1.82) is 0 Å². The average Bonchev–Trinajstić information content (AvgIpc) is 2.80. The van der Waals surface area contributed by atoms with Gasteiger partial charge in [-0.05, 0) is 19.9 Å². The number of aryl methyl sites for hydroxylation is 1. The summed E-state index contributed by atoms with van der Waals surface area (Å²) in [4.78, 5) is 15.0. The molecule has 0 spiro atoms. The number of rotatable bonds is 3. The van der Waals surface area contributed by atoms with Crippen molar-refractivity contribution in [2.24, 2.45) is 0 Å². The molecule has 2 heterocycles. The summed E-state index contributed by atoms with van der Waals surface area (Å²) in [7, 11) is 0. The molecule has 2 aromatic heterocycles. The lowest BCUT2D eigenvalue weighted by Crippen LogP contribution is -2.05. The fraction of sp³-hybridized carbons (Fsp3) is 0.273. The van der Waals surface area contributed by atoms with Crippen LogP contribution < -0.4 is 0 Å². The molecule has 0 atom stereocenters. The van der Waals surface area contributed by atoms with E-state index < -0.39 is 5.97 Å². The molecule has 0 saturated carbocycles. The maximum Gasteiger partial charge on any atom is 0.372 e. The van der Waals surface area contributed by atoms with Crippen molar-refractivity contribution in [3.05, 3.63) is 41.4 Å². The zero-order chi connectivity index (χ0) is 11.7. The number of hydrogen-bond donors (Lipinski definition) is 1. The summed E-state index contributed by atoms with van der Waals surface area (Å²) in [6.45, 7) is 4.33. The summed E-state index contributed by atoms with van der Waals surface area (Å²) in [6, 6.07) is 1.66. The van der Waals surface area contributed by atoms with Gasteiger partial charge in [0.15, 0.2) is 0 Å². The van der Waals surface area contributed by atoms with E-state index >= 15 is 0 Å². The highest BCUT2D eigenvalue weighted by molar-refractivity contribution is 5.86. The van der Waals surface area contributed by atoms with Gasteiger partial charge >= 0.3 is 5.97 Å². The van der Waals surface area contributed by atoms with Crippen LogP contribution in [0.5, 0.6) is 0 Å². The molecule has 1 N–H and O–H groups in total. The van der Waals surface area contributed by atoms with Crippen molar-refractivity contribution in [3.63, 3.8) is 0 Å². The Kier molecular flexibility index (Phi) is 2.52. The second-order valence-electron chi connectivity index (χ2n) is 3.62. The van der Waals surface area contributed by atoms with Gasteiger partial charge in [0, 0.05) is 11.3 Å². The minimum absolute atomic E-state index is 0.00856. The minimum atomic E-state index is -1.05. The lowest BCUT2D eigenvalue weighted by molar-refractivity contribution is 0.0660. The molecule has 0 aromatic carbocycles. The third kappa shape index (κ3) is 1.71. The van der Waals surface area contributed by atoms with Gasteiger partial charge in [0.25, 0.3) is 0 Å². The molecule has 0 aliphatic heterocycles. The van der Waals surface area contributed by atoms with Crippen molar-refractivity contribution in [1.82, 2.24) is 9.55 Å². The van der Waals surface area contributed by atoms with E-state index in [9.17, 15) is 4.79 Å². The summed E-state index contributed by atoms with van der Waals surface area (Å²) >= 11 is 0. The van der Waals surface area contributed by atoms with Gasteiger partial charge in [-0.3, -0.25) is 0 Å². The third-order valence-electron chi connectivity index (χ3n) is 2.63. The van der Waals surface area contributed by atoms with E-state index in [0.717, 1.165) is 11.4 Å². The predicted octanol–water partition coefficient (Wildman–Crippen LogP) is 1.84. The van der Waals surface area contributed by atoms with Crippen LogP contribution >= 0.6 is 0 Å². The van der Waals surface area contributed by atoms with Gasteiger partial charge in [-0.2, -0.15) is 0 Å². The topological polar surface area (TPSA) is 68.3 Å². The van der Waals surface area contributed by atoms with Gasteiger partial charge < -0.3 is 14.1 Å². The van der Waals surface area contributed by atoms with E-state index in [1.807, 2.05) is 18.4 Å². The normalized spacial score (nSPS) is 10.6.